The first kappa shape index (κ1) is 67.8. The van der Waals surface area contributed by atoms with Gasteiger partial charge in [0.15, 0.2) is 37.2 Å². The van der Waals surface area contributed by atoms with Crippen LogP contribution in [0.3, 0.4) is 0 Å². The molecule has 37 atom stereocenters. The van der Waals surface area contributed by atoms with Crippen molar-refractivity contribution in [3.05, 3.63) is 0 Å². The van der Waals surface area contributed by atoms with Crippen molar-refractivity contribution in [2.24, 2.45) is 52.3 Å². The zero-order chi connectivity index (χ0) is 63.2. The van der Waals surface area contributed by atoms with Crippen LogP contribution in [0, 0.1) is 52.3 Å². The predicted octanol–water partition coefficient (Wildman–Crippen LogP) is -6.36. The van der Waals surface area contributed by atoms with Gasteiger partial charge in [0.25, 0.3) is 0 Å². The Kier molecular flexibility index (Phi) is 20.7. The Hall–Kier alpha value is -1.65. The van der Waals surface area contributed by atoms with Gasteiger partial charge in [0, 0.05) is 19.4 Å². The first-order valence-corrected chi connectivity index (χ1v) is 31.5. The highest BCUT2D eigenvalue weighted by molar-refractivity contribution is 5.66. The van der Waals surface area contributed by atoms with Crippen molar-refractivity contribution in [2.45, 2.75) is 257 Å². The van der Waals surface area contributed by atoms with Gasteiger partial charge in [-0.1, -0.05) is 20.8 Å². The maximum atomic E-state index is 12.7. The number of hydrogen-bond acceptors (Lipinski definition) is 30. The molecule has 0 aromatic heterocycles. The normalized spacial score (nSPS) is 55.5. The average molecular weight is 1270 g/mol. The number of ether oxygens (including phenoxy) is 12. The molecule has 30 nitrogen and oxygen atoms in total. The number of nitrogens with one attached hydrogen (secondary N) is 1. The Morgan fingerprint density at radius 2 is 1.11 bits per heavy atom. The molecule has 17 N–H and O–H groups in total. The van der Waals surface area contributed by atoms with Crippen LogP contribution in [-0.4, -0.2) is 305 Å². The third-order valence-corrected chi connectivity index (χ3v) is 22.7. The number of carbonyl (C=O) groups excluding carboxylic acids is 1. The van der Waals surface area contributed by atoms with Crippen LogP contribution in [0.25, 0.3) is 0 Å². The molecule has 7 aliphatic heterocycles. The van der Waals surface area contributed by atoms with E-state index in [-0.39, 0.29) is 47.2 Å². The van der Waals surface area contributed by atoms with Crippen LogP contribution in [0.1, 0.15) is 85.5 Å². The van der Waals surface area contributed by atoms with Gasteiger partial charge in [-0.2, -0.15) is 0 Å². The fraction of sp³-hybridized carbons (Fsp3) is 0.983. The molecule has 7 saturated heterocycles. The second-order valence-electron chi connectivity index (χ2n) is 27.5. The lowest BCUT2D eigenvalue weighted by molar-refractivity contribution is -0.404. The highest BCUT2D eigenvalue weighted by Crippen LogP contribution is 2.71. The summed E-state index contributed by atoms with van der Waals surface area (Å²) in [4.78, 5) is 12.7. The molecule has 0 aromatic rings. The zero-order valence-corrected chi connectivity index (χ0v) is 49.9. The third kappa shape index (κ3) is 12.1. The first-order chi connectivity index (χ1) is 41.8. The van der Waals surface area contributed by atoms with E-state index in [9.17, 15) is 86.5 Å². The minimum absolute atomic E-state index is 0.0503. The molecule has 11 fully saturated rings. The van der Waals surface area contributed by atoms with Crippen LogP contribution in [-0.2, 0) is 61.6 Å². The third-order valence-electron chi connectivity index (χ3n) is 22.7. The summed E-state index contributed by atoms with van der Waals surface area (Å²) < 4.78 is 72.8. The summed E-state index contributed by atoms with van der Waals surface area (Å²) in [7, 11) is 0. The number of fused-ring (bicyclic) bond motifs is 7. The quantitative estimate of drug-likeness (QED) is 0.0505. The van der Waals surface area contributed by atoms with Crippen LogP contribution in [0.5, 0.6) is 0 Å². The maximum Gasteiger partial charge on any atom is 0.303 e. The minimum atomic E-state index is -2.03. The summed E-state index contributed by atoms with van der Waals surface area (Å²) >= 11 is 0. The van der Waals surface area contributed by atoms with E-state index in [1.165, 1.54) is 6.92 Å². The smallest absolute Gasteiger partial charge is 0.303 e. The SMILES string of the molecule is CC(=O)O[C@H]1C[C@H](CO[C@@H]2O[C@H](CO)[C@@H](O)[C@H](O)[C@H]2O)CN[C@@]12O[C@H]1C[C@H]3[C@@H]4CC[C@H]5C[C@@H](O[C@@H]6O[C@H](CO)[C@H](O[C@@H]7O[C@H](CO)[C@@H](O)[C@H](O[C@@H]8OC[C@@H](O)[C@H](O)[C@H]8O)[C@H]7O[C@@H]7O[C@H](CO)[C@@H](O)[C@H](O)[C@H]7O)[C@@H](O)[C@H]6O)CC[C@]5(C)[C@H]4CC[C@]3(C)[C@H]1[C@@H]2C. The molecule has 1 spiro atoms. The first-order valence-electron chi connectivity index (χ1n) is 31.5. The second kappa shape index (κ2) is 26.9. The topological polar surface area (TPSA) is 464 Å². The van der Waals surface area contributed by atoms with Gasteiger partial charge in [-0.25, -0.2) is 0 Å². The van der Waals surface area contributed by atoms with Crippen LogP contribution in [0.15, 0.2) is 0 Å². The Morgan fingerprint density at radius 3 is 1.78 bits per heavy atom. The van der Waals surface area contributed by atoms with Crippen molar-refractivity contribution >= 4 is 5.97 Å². The standard InChI is InChI=1S/C58H95NO29/c1-21-36-30(88-58(21)35(79-22(2)64)11-23(14-59-58)19-77-51-45(74)41(70)38(67)31(15-60)81-51)13-28-26-6-5-24-12-25(7-9-56(24,3)27(26)8-10-57(28,36)4)80-53-47(76)43(72)48(34(18-63)84-53)85-55-50(87-54-46(75)42(71)39(68)32(16-61)82-54)49(40(69)33(17-62)83-55)86-52-44(73)37(66)29(65)20-78-52/h21,23-55,59-63,65-76H,5-20H2,1-4H3/t21-,23-,24-,25-,26+,27-,28-,29+,30-,31+,32+,33+,34+,35-,36-,37-,38+,39+,40+,41-,42-,43-,44+,45+,46+,47+,48-,49-,50+,51+,52-,53+,54-,55-,56-,57-,58-/m0/s1. The van der Waals surface area contributed by atoms with Crippen LogP contribution in [0.2, 0.25) is 0 Å². The van der Waals surface area contributed by atoms with Gasteiger partial charge in [-0.05, 0) is 104 Å². The van der Waals surface area contributed by atoms with Crippen molar-refractivity contribution in [1.82, 2.24) is 5.32 Å². The molecular formula is C58H95NO29. The van der Waals surface area contributed by atoms with E-state index in [1.54, 1.807) is 0 Å². The molecule has 0 unspecified atom stereocenters. The van der Waals surface area contributed by atoms with Gasteiger partial charge >= 0.3 is 5.97 Å². The summed E-state index contributed by atoms with van der Waals surface area (Å²) in [6.07, 6.45) is -34.8. The molecule has 0 bridgehead atoms. The van der Waals surface area contributed by atoms with Crippen molar-refractivity contribution in [1.29, 1.82) is 0 Å². The summed E-state index contributed by atoms with van der Waals surface area (Å²) in [5.41, 5.74) is -1.09. The molecule has 0 radical (unpaired) electrons. The van der Waals surface area contributed by atoms with E-state index in [1.807, 2.05) is 0 Å². The molecule has 11 rings (SSSR count). The molecule has 0 aromatic carbocycles. The lowest BCUT2D eigenvalue weighted by atomic mass is 9.44. The molecular weight excluding hydrogens is 1170 g/mol. The van der Waals surface area contributed by atoms with Crippen molar-refractivity contribution in [3.63, 3.8) is 0 Å². The van der Waals surface area contributed by atoms with Crippen LogP contribution < -0.4 is 5.32 Å². The Bertz CT molecular complexity index is 2330. The molecule has 506 valence electrons. The second-order valence-corrected chi connectivity index (χ2v) is 27.5. The number of hydrogen-bond donors (Lipinski definition) is 17. The van der Waals surface area contributed by atoms with E-state index in [4.69, 9.17) is 56.8 Å². The minimum Gasteiger partial charge on any atom is -0.458 e. The van der Waals surface area contributed by atoms with Gasteiger partial charge in [-0.15, -0.1) is 0 Å². The van der Waals surface area contributed by atoms with E-state index in [0.29, 0.717) is 43.6 Å². The Morgan fingerprint density at radius 1 is 0.545 bits per heavy atom. The van der Waals surface area contributed by atoms with Gasteiger partial charge in [0.1, 0.15) is 122 Å². The number of aliphatic hydroxyl groups is 16. The van der Waals surface area contributed by atoms with E-state index >= 15 is 0 Å². The zero-order valence-electron chi connectivity index (χ0n) is 49.9. The molecule has 30 heteroatoms. The number of carbonyl (C=O) groups is 1. The van der Waals surface area contributed by atoms with E-state index < -0.39 is 204 Å². The van der Waals surface area contributed by atoms with E-state index in [2.05, 4.69) is 26.1 Å². The van der Waals surface area contributed by atoms with Crippen molar-refractivity contribution in [3.8, 4) is 0 Å². The predicted molar refractivity (Wildman–Crippen MR) is 289 cm³/mol. The van der Waals surface area contributed by atoms with Crippen molar-refractivity contribution < 1.29 is 143 Å². The fourth-order valence-corrected chi connectivity index (χ4v) is 18.0. The van der Waals surface area contributed by atoms with Crippen molar-refractivity contribution in [2.75, 3.05) is 46.2 Å². The fourth-order valence-electron chi connectivity index (χ4n) is 18.0. The Labute approximate surface area is 508 Å². The van der Waals surface area contributed by atoms with E-state index in [0.717, 1.165) is 38.5 Å². The van der Waals surface area contributed by atoms with Gasteiger partial charge < -0.3 is 139 Å². The summed E-state index contributed by atoms with van der Waals surface area (Å²) in [6.45, 7) is 5.16. The lowest BCUT2D eigenvalue weighted by Crippen LogP contribution is -2.68. The largest absolute Gasteiger partial charge is 0.458 e. The maximum absolute atomic E-state index is 12.7. The number of piperidine rings is 1. The Balaban J connectivity index is 0.728. The summed E-state index contributed by atoms with van der Waals surface area (Å²) in [6, 6.07) is 0. The monoisotopic (exact) mass is 1270 g/mol. The molecule has 88 heavy (non-hydrogen) atoms. The average Bonchev–Trinajstić information content (AvgIpc) is 1.50. The van der Waals surface area contributed by atoms with Gasteiger partial charge in [-0.3, -0.25) is 10.1 Å². The van der Waals surface area contributed by atoms with Crippen LogP contribution in [0.4, 0.5) is 0 Å². The van der Waals surface area contributed by atoms with Gasteiger partial charge in [0.05, 0.1) is 51.8 Å². The molecule has 0 amide bonds. The molecule has 11 aliphatic rings. The lowest BCUT2D eigenvalue weighted by Gasteiger charge is -2.61. The highest BCUT2D eigenvalue weighted by atomic mass is 16.8. The molecule has 4 saturated carbocycles. The van der Waals surface area contributed by atoms with Crippen LogP contribution >= 0.6 is 0 Å². The molecule has 7 heterocycles. The molecule has 4 aliphatic carbocycles. The summed E-state index contributed by atoms with van der Waals surface area (Å²) in [5.74, 6) is 0.879. The number of rotatable bonds is 16. The number of esters is 1. The number of aliphatic hydroxyl groups excluding tert-OH is 16. The van der Waals surface area contributed by atoms with Gasteiger partial charge in [0.2, 0.25) is 0 Å². The summed E-state index contributed by atoms with van der Waals surface area (Å²) in [5, 5.41) is 175. The highest BCUT2D eigenvalue weighted by Gasteiger charge is 2.71.